The van der Waals surface area contributed by atoms with E-state index in [0.717, 1.165) is 12.2 Å². The Kier molecular flexibility index (Phi) is 5.66. The van der Waals surface area contributed by atoms with Gasteiger partial charge in [0, 0.05) is 12.2 Å². The van der Waals surface area contributed by atoms with Crippen molar-refractivity contribution in [2.24, 2.45) is 0 Å². The van der Waals surface area contributed by atoms with Crippen LogP contribution in [0.5, 0.6) is 5.75 Å². The number of nitrogens with zero attached hydrogens (tertiary/aromatic N) is 3. The highest BCUT2D eigenvalue weighted by atomic mass is 16.5. The number of rotatable bonds is 6. The molecule has 1 heterocycles. The number of aryl methyl sites for hydroxylation is 1. The molecule has 6 heteroatoms. The van der Waals surface area contributed by atoms with E-state index in [-0.39, 0.29) is 11.6 Å². The Morgan fingerprint density at radius 1 is 1.11 bits per heavy atom. The van der Waals surface area contributed by atoms with Gasteiger partial charge in [0.25, 0.3) is 5.91 Å². The Labute approximate surface area is 158 Å². The molecule has 0 bridgehead atoms. The molecule has 3 rings (SSSR count). The fourth-order valence-electron chi connectivity index (χ4n) is 2.78. The second-order valence-electron chi connectivity index (χ2n) is 6.00. The lowest BCUT2D eigenvalue weighted by atomic mass is 10.2. The van der Waals surface area contributed by atoms with Gasteiger partial charge in [-0.1, -0.05) is 24.3 Å². The van der Waals surface area contributed by atoms with Gasteiger partial charge in [0.05, 0.1) is 25.2 Å². The first-order valence-electron chi connectivity index (χ1n) is 8.73. The van der Waals surface area contributed by atoms with Gasteiger partial charge in [-0.15, -0.1) is 0 Å². The van der Waals surface area contributed by atoms with E-state index in [2.05, 4.69) is 21.4 Å². The highest BCUT2D eigenvalue weighted by Crippen LogP contribution is 2.25. The minimum absolute atomic E-state index is 0.241. The number of ether oxygens (including phenoxy) is 1. The third kappa shape index (κ3) is 4.23. The summed E-state index contributed by atoms with van der Waals surface area (Å²) in [4.78, 5) is 23.2. The molecule has 1 amide bonds. The molecule has 138 valence electrons. The molecule has 0 saturated carbocycles. The summed E-state index contributed by atoms with van der Waals surface area (Å²) in [6.45, 7) is 4.84. The number of para-hydroxylation sites is 2. The molecule has 6 nitrogen and oxygen atoms in total. The lowest BCUT2D eigenvalue weighted by Gasteiger charge is -2.22. The molecule has 1 N–H and O–H groups in total. The number of amides is 1. The number of nitrogens with one attached hydrogen (secondary N) is 1. The van der Waals surface area contributed by atoms with Crippen molar-refractivity contribution in [1.82, 2.24) is 9.97 Å². The van der Waals surface area contributed by atoms with Gasteiger partial charge in [0.15, 0.2) is 5.82 Å². The Morgan fingerprint density at radius 2 is 1.93 bits per heavy atom. The molecular weight excluding hydrogens is 340 g/mol. The predicted octanol–water partition coefficient (Wildman–Crippen LogP) is 4.20. The van der Waals surface area contributed by atoms with E-state index in [1.807, 2.05) is 49.1 Å². The monoisotopic (exact) mass is 362 g/mol. The summed E-state index contributed by atoms with van der Waals surface area (Å²) in [6.07, 6.45) is 3.10. The van der Waals surface area contributed by atoms with Crippen molar-refractivity contribution in [3.8, 4) is 5.75 Å². The molecule has 0 spiro atoms. The molecule has 0 aliphatic carbocycles. The van der Waals surface area contributed by atoms with Crippen molar-refractivity contribution < 1.29 is 9.53 Å². The lowest BCUT2D eigenvalue weighted by Crippen LogP contribution is -2.19. The summed E-state index contributed by atoms with van der Waals surface area (Å²) in [6, 6.07) is 15.4. The maximum Gasteiger partial charge on any atom is 0.275 e. The zero-order valence-corrected chi connectivity index (χ0v) is 15.6. The molecule has 27 heavy (non-hydrogen) atoms. The zero-order valence-electron chi connectivity index (χ0n) is 15.6. The van der Waals surface area contributed by atoms with Gasteiger partial charge < -0.3 is 15.0 Å². The van der Waals surface area contributed by atoms with Gasteiger partial charge in [-0.3, -0.25) is 4.79 Å². The average Bonchev–Trinajstić information content (AvgIpc) is 2.69. The van der Waals surface area contributed by atoms with Crippen LogP contribution < -0.4 is 15.0 Å². The van der Waals surface area contributed by atoms with Crippen LogP contribution in [0.2, 0.25) is 0 Å². The van der Waals surface area contributed by atoms with Gasteiger partial charge in [0.2, 0.25) is 0 Å². The lowest BCUT2D eigenvalue weighted by molar-refractivity contribution is 0.102. The van der Waals surface area contributed by atoms with Crippen LogP contribution in [0.15, 0.2) is 60.9 Å². The Bertz CT molecular complexity index is 925. The Hall–Kier alpha value is -3.41. The molecule has 0 atom stereocenters. The third-order valence-corrected chi connectivity index (χ3v) is 4.13. The van der Waals surface area contributed by atoms with E-state index in [1.165, 1.54) is 11.8 Å². The SMILES string of the molecule is CCN(c1cccc(C)c1)c1cnc(C(=O)Nc2ccccc2OC)cn1. The Balaban J connectivity index is 1.79. The summed E-state index contributed by atoms with van der Waals surface area (Å²) in [5.74, 6) is 0.945. The molecular formula is C21H22N4O2. The van der Waals surface area contributed by atoms with Crippen LogP contribution in [0.25, 0.3) is 0 Å². The second kappa shape index (κ2) is 8.31. The second-order valence-corrected chi connectivity index (χ2v) is 6.00. The topological polar surface area (TPSA) is 67.4 Å². The number of carbonyl (C=O) groups excluding carboxylic acids is 1. The van der Waals surface area contributed by atoms with Crippen molar-refractivity contribution in [2.75, 3.05) is 23.9 Å². The molecule has 0 aliphatic rings. The first kappa shape index (κ1) is 18.4. The molecule has 2 aromatic carbocycles. The fourth-order valence-corrected chi connectivity index (χ4v) is 2.78. The summed E-state index contributed by atoms with van der Waals surface area (Å²) in [5.41, 5.74) is 3.04. The van der Waals surface area contributed by atoms with Gasteiger partial charge >= 0.3 is 0 Å². The third-order valence-electron chi connectivity index (χ3n) is 4.13. The minimum atomic E-state index is -0.336. The van der Waals surface area contributed by atoms with Gasteiger partial charge in [-0.25, -0.2) is 9.97 Å². The largest absolute Gasteiger partial charge is 0.495 e. The highest BCUT2D eigenvalue weighted by Gasteiger charge is 2.14. The number of benzene rings is 2. The molecule has 0 fully saturated rings. The number of carbonyl (C=O) groups is 1. The van der Waals surface area contributed by atoms with Crippen molar-refractivity contribution in [1.29, 1.82) is 0 Å². The first-order valence-corrected chi connectivity index (χ1v) is 8.73. The summed E-state index contributed by atoms with van der Waals surface area (Å²) in [7, 11) is 1.56. The molecule has 3 aromatic rings. The zero-order chi connectivity index (χ0) is 19.2. The number of methoxy groups -OCH3 is 1. The molecule has 0 saturated heterocycles. The van der Waals surface area contributed by atoms with E-state index in [9.17, 15) is 4.79 Å². The maximum atomic E-state index is 12.5. The van der Waals surface area contributed by atoms with Crippen molar-refractivity contribution in [3.05, 3.63) is 72.2 Å². The minimum Gasteiger partial charge on any atom is -0.495 e. The van der Waals surface area contributed by atoms with Crippen LogP contribution in [0.4, 0.5) is 17.2 Å². The van der Waals surface area contributed by atoms with Crippen LogP contribution >= 0.6 is 0 Å². The predicted molar refractivity (Wildman–Crippen MR) is 107 cm³/mol. The molecule has 0 aliphatic heterocycles. The van der Waals surface area contributed by atoms with Crippen LogP contribution in [-0.4, -0.2) is 29.5 Å². The standard InChI is InChI=1S/C21H22N4O2/c1-4-25(16-9-7-8-15(2)12-16)20-14-22-18(13-23-20)21(26)24-17-10-5-6-11-19(17)27-3/h5-14H,4H2,1-3H3,(H,24,26). The summed E-state index contributed by atoms with van der Waals surface area (Å²) in [5, 5.41) is 2.80. The fraction of sp³-hybridized carbons (Fsp3) is 0.190. The highest BCUT2D eigenvalue weighted by molar-refractivity contribution is 6.03. The van der Waals surface area contributed by atoms with Crippen LogP contribution in [-0.2, 0) is 0 Å². The van der Waals surface area contributed by atoms with Crippen LogP contribution in [0.1, 0.15) is 23.0 Å². The number of aromatic nitrogens is 2. The van der Waals surface area contributed by atoms with Crippen molar-refractivity contribution in [2.45, 2.75) is 13.8 Å². The van der Waals surface area contributed by atoms with Crippen LogP contribution in [0, 0.1) is 6.92 Å². The maximum absolute atomic E-state index is 12.5. The normalized spacial score (nSPS) is 10.3. The molecule has 0 unspecified atom stereocenters. The Morgan fingerprint density at radius 3 is 2.59 bits per heavy atom. The van der Waals surface area contributed by atoms with Gasteiger partial charge in [0.1, 0.15) is 11.4 Å². The summed E-state index contributed by atoms with van der Waals surface area (Å²) < 4.78 is 5.25. The van der Waals surface area contributed by atoms with Gasteiger partial charge in [-0.2, -0.15) is 0 Å². The molecule has 1 aromatic heterocycles. The van der Waals surface area contributed by atoms with Gasteiger partial charge in [-0.05, 0) is 43.7 Å². The van der Waals surface area contributed by atoms with E-state index in [4.69, 9.17) is 4.74 Å². The number of anilines is 3. The van der Waals surface area contributed by atoms with E-state index in [0.29, 0.717) is 17.3 Å². The van der Waals surface area contributed by atoms with E-state index in [1.54, 1.807) is 25.4 Å². The van der Waals surface area contributed by atoms with Crippen molar-refractivity contribution >= 4 is 23.1 Å². The number of hydrogen-bond acceptors (Lipinski definition) is 5. The van der Waals surface area contributed by atoms with Crippen molar-refractivity contribution in [3.63, 3.8) is 0 Å². The first-order chi connectivity index (χ1) is 13.1. The molecule has 0 radical (unpaired) electrons. The average molecular weight is 362 g/mol. The smallest absolute Gasteiger partial charge is 0.275 e. The van der Waals surface area contributed by atoms with E-state index >= 15 is 0 Å². The number of hydrogen-bond donors (Lipinski definition) is 1. The summed E-state index contributed by atoms with van der Waals surface area (Å²) >= 11 is 0. The van der Waals surface area contributed by atoms with E-state index < -0.39 is 0 Å². The van der Waals surface area contributed by atoms with Crippen LogP contribution in [0.3, 0.4) is 0 Å². The quantitative estimate of drug-likeness (QED) is 0.712.